The fourth-order valence-corrected chi connectivity index (χ4v) is 18.5. The highest BCUT2D eigenvalue weighted by atomic mass is 32.1. The first-order valence-electron chi connectivity index (χ1n) is 32.1. The van der Waals surface area contributed by atoms with E-state index in [0.29, 0.717) is 0 Å². The molecule has 4 aromatic heterocycles. The zero-order valence-corrected chi connectivity index (χ0v) is 53.2. The van der Waals surface area contributed by atoms with Gasteiger partial charge in [0, 0.05) is 101 Å². The summed E-state index contributed by atoms with van der Waals surface area (Å²) in [7, 11) is 0. The van der Waals surface area contributed by atoms with Crippen LogP contribution in [0.25, 0.3) is 143 Å². The van der Waals surface area contributed by atoms with E-state index in [1.807, 2.05) is 22.7 Å². The highest BCUT2D eigenvalue weighted by Crippen LogP contribution is 2.56. The fraction of sp³-hybridized carbons (Fsp3) is 0.0805. The molecule has 0 radical (unpaired) electrons. The van der Waals surface area contributed by atoms with E-state index in [9.17, 15) is 0 Å². The Kier molecular flexibility index (Phi) is 10.7. The lowest BCUT2D eigenvalue weighted by Gasteiger charge is -2.29. The highest BCUT2D eigenvalue weighted by molar-refractivity contribution is 7.26. The Morgan fingerprint density at radius 1 is 0.326 bits per heavy atom. The molecule has 0 saturated carbocycles. The van der Waals surface area contributed by atoms with E-state index in [-0.39, 0.29) is 10.8 Å². The topological polar surface area (TPSA) is 10.9 Å². The molecular formula is C87H59N3S2. The molecule has 20 rings (SSSR count). The van der Waals surface area contributed by atoms with Crippen molar-refractivity contribution in [2.45, 2.75) is 45.4 Å². The summed E-state index contributed by atoms with van der Waals surface area (Å²) in [6, 6.07) is 102. The number of nitrogens with zero attached hydrogens (tertiary/aromatic N) is 3. The maximum Gasteiger partial charge on any atom is 0.0641 e. The summed E-state index contributed by atoms with van der Waals surface area (Å²) in [6.45, 7) is 12.0. The van der Waals surface area contributed by atoms with Crippen molar-refractivity contribution in [3.8, 4) is 11.1 Å². The van der Waals surface area contributed by atoms with Gasteiger partial charge in [-0.1, -0.05) is 198 Å². The van der Waals surface area contributed by atoms with E-state index in [2.05, 4.69) is 316 Å². The van der Waals surface area contributed by atoms with Crippen molar-refractivity contribution in [2.24, 2.45) is 0 Å². The predicted molar refractivity (Wildman–Crippen MR) is 400 cm³/mol. The van der Waals surface area contributed by atoms with Crippen LogP contribution in [0.15, 0.2) is 267 Å². The first-order chi connectivity index (χ1) is 45.0. The minimum Gasteiger partial charge on any atom is -0.310 e. The zero-order chi connectivity index (χ0) is 61.0. The molecular weight excluding hydrogens is 1150 g/mol. The Balaban J connectivity index is 0.801. The second-order valence-corrected chi connectivity index (χ2v) is 29.4. The lowest BCUT2D eigenvalue weighted by molar-refractivity contribution is 0.591. The molecule has 92 heavy (non-hydrogen) atoms. The second-order valence-electron chi connectivity index (χ2n) is 27.2. The van der Waals surface area contributed by atoms with E-state index < -0.39 is 0 Å². The minimum atomic E-state index is -0.345. The number of hydrogen-bond acceptors (Lipinski definition) is 4. The Labute approximate surface area is 539 Å². The summed E-state index contributed by atoms with van der Waals surface area (Å²) in [6.07, 6.45) is 0. The van der Waals surface area contributed by atoms with Crippen LogP contribution >= 0.6 is 22.7 Å². The van der Waals surface area contributed by atoms with Gasteiger partial charge in [0.15, 0.2) is 0 Å². The van der Waals surface area contributed by atoms with Gasteiger partial charge in [-0.05, 0) is 185 Å². The molecule has 4 heterocycles. The van der Waals surface area contributed by atoms with Crippen LogP contribution in [-0.2, 0) is 10.8 Å². The Morgan fingerprint density at radius 2 is 0.772 bits per heavy atom. The van der Waals surface area contributed by atoms with Crippen LogP contribution in [0.1, 0.15) is 51.3 Å². The molecule has 0 aliphatic heterocycles. The van der Waals surface area contributed by atoms with Gasteiger partial charge in [-0.25, -0.2) is 0 Å². The molecule has 434 valence electrons. The van der Waals surface area contributed by atoms with Crippen LogP contribution in [0.2, 0.25) is 0 Å². The van der Waals surface area contributed by atoms with E-state index >= 15 is 0 Å². The Morgan fingerprint density at radius 3 is 1.39 bits per heavy atom. The van der Waals surface area contributed by atoms with Crippen LogP contribution < -0.4 is 9.80 Å². The van der Waals surface area contributed by atoms with Crippen LogP contribution in [-0.4, -0.2) is 4.40 Å². The van der Waals surface area contributed by atoms with Crippen molar-refractivity contribution in [1.82, 2.24) is 4.40 Å². The molecule has 0 unspecified atom stereocenters. The zero-order valence-electron chi connectivity index (χ0n) is 51.6. The van der Waals surface area contributed by atoms with E-state index in [0.717, 1.165) is 34.1 Å². The van der Waals surface area contributed by atoms with Gasteiger partial charge < -0.3 is 14.2 Å². The van der Waals surface area contributed by atoms with Gasteiger partial charge in [-0.15, -0.1) is 22.7 Å². The number of anilines is 6. The first kappa shape index (κ1) is 52.2. The smallest absolute Gasteiger partial charge is 0.0641 e. The fourth-order valence-electron chi connectivity index (χ4n) is 16.4. The summed E-state index contributed by atoms with van der Waals surface area (Å²) >= 11 is 3.74. The Bertz CT molecular complexity index is 6420. The third kappa shape index (κ3) is 7.32. The summed E-state index contributed by atoms with van der Waals surface area (Å²) in [4.78, 5) is 5.06. The van der Waals surface area contributed by atoms with E-state index in [1.165, 1.54) is 160 Å². The van der Waals surface area contributed by atoms with E-state index in [1.54, 1.807) is 0 Å². The van der Waals surface area contributed by atoms with Crippen molar-refractivity contribution in [3.63, 3.8) is 0 Å². The monoisotopic (exact) mass is 1210 g/mol. The molecule has 1 aliphatic rings. The van der Waals surface area contributed by atoms with E-state index in [4.69, 9.17) is 0 Å². The van der Waals surface area contributed by atoms with Crippen molar-refractivity contribution in [2.75, 3.05) is 9.80 Å². The first-order valence-corrected chi connectivity index (χ1v) is 33.8. The molecule has 5 heteroatoms. The molecule has 3 nitrogen and oxygen atoms in total. The lowest BCUT2D eigenvalue weighted by atomic mass is 9.80. The van der Waals surface area contributed by atoms with Crippen LogP contribution in [0.5, 0.6) is 0 Å². The average Bonchev–Trinajstić information content (AvgIpc) is 1.52. The van der Waals surface area contributed by atoms with Gasteiger partial charge in [0.05, 0.1) is 22.2 Å². The van der Waals surface area contributed by atoms with Gasteiger partial charge >= 0.3 is 0 Å². The van der Waals surface area contributed by atoms with Crippen molar-refractivity contribution >= 4 is 189 Å². The quantitative estimate of drug-likeness (QED) is 0.154. The van der Waals surface area contributed by atoms with Gasteiger partial charge in [0.2, 0.25) is 0 Å². The lowest BCUT2D eigenvalue weighted by Crippen LogP contribution is -2.17. The SMILES string of the molecule is CC(C)(C)c1ccc2c(c1)c1c(N(c3ccc4ccc5ccccc5c4c3)c3ccc4sc5ccccc5c4c3)ccc3c4ccc5c6c(ccc5c4n2c31)-c1ccc(N(c2ccc3ccc4ccccc4c3c2)c2ccc3sc4ccccc4c3c2)cc1C6(C)C. The molecule has 1 aliphatic carbocycles. The number of hydrogen-bond donors (Lipinski definition) is 0. The molecule has 0 amide bonds. The standard InChI is InChI=1S/C87H59N3S2/c1-86(2,3)54-28-40-76-74(44-54)82-77(89(58-33-43-81-73(48-58)64-19-11-13-21-79(64)92-81)57-30-27-53-25-23-51-15-7-9-17-61(51)71(53)46-57)41-39-69-68-38-36-66-67(84(68)90(76)85(69)82)37-35-65-62-34-31-59(49-75(62)87(4,5)83(65)66)88(56-32-42-80-72(47-56)63-18-10-12-20-78(63)91-80)55-29-26-52-24-22-50-14-6-8-16-60(50)70(52)45-55/h6-49H,1-5H3. The molecule has 0 fully saturated rings. The molecule has 15 aromatic carbocycles. The average molecular weight is 1210 g/mol. The predicted octanol–water partition coefficient (Wildman–Crippen LogP) is 25.9. The maximum absolute atomic E-state index is 2.65. The number of thiophene rings is 2. The number of rotatable bonds is 6. The van der Waals surface area contributed by atoms with Crippen molar-refractivity contribution in [3.05, 3.63) is 284 Å². The summed E-state index contributed by atoms with van der Waals surface area (Å²) in [5.41, 5.74) is 16.8. The molecule has 0 saturated heterocycles. The second kappa shape index (κ2) is 18.8. The molecule has 19 aromatic rings. The number of benzene rings is 15. The van der Waals surface area contributed by atoms with Crippen LogP contribution in [0, 0.1) is 0 Å². The summed E-state index contributed by atoms with van der Waals surface area (Å²) < 4.78 is 7.86. The number of aromatic nitrogens is 1. The van der Waals surface area contributed by atoms with Gasteiger partial charge in [-0.2, -0.15) is 0 Å². The van der Waals surface area contributed by atoms with Crippen molar-refractivity contribution < 1.29 is 0 Å². The molecule has 0 N–H and O–H groups in total. The molecule has 0 atom stereocenters. The Hall–Kier alpha value is -10.6. The minimum absolute atomic E-state index is 0.0753. The van der Waals surface area contributed by atoms with Crippen molar-refractivity contribution in [1.29, 1.82) is 0 Å². The largest absolute Gasteiger partial charge is 0.310 e. The normalized spacial score (nSPS) is 13.4. The van der Waals surface area contributed by atoms with Crippen LogP contribution in [0.4, 0.5) is 34.1 Å². The molecule has 0 bridgehead atoms. The van der Waals surface area contributed by atoms with Gasteiger partial charge in [0.1, 0.15) is 0 Å². The number of fused-ring (bicyclic) bond motifs is 24. The highest BCUT2D eigenvalue weighted by Gasteiger charge is 2.39. The third-order valence-electron chi connectivity index (χ3n) is 20.7. The van der Waals surface area contributed by atoms with Gasteiger partial charge in [0.25, 0.3) is 0 Å². The maximum atomic E-state index is 2.65. The van der Waals surface area contributed by atoms with Gasteiger partial charge in [-0.3, -0.25) is 0 Å². The summed E-state index contributed by atoms with van der Waals surface area (Å²) in [5, 5.41) is 22.8. The summed E-state index contributed by atoms with van der Waals surface area (Å²) in [5.74, 6) is 0. The van der Waals surface area contributed by atoms with Crippen LogP contribution in [0.3, 0.4) is 0 Å². The third-order valence-corrected chi connectivity index (χ3v) is 23.0. The molecule has 0 spiro atoms.